The molecule has 2 heterocycles. The van der Waals surface area contributed by atoms with Gasteiger partial charge in [0.15, 0.2) is 6.29 Å². The second-order valence-electron chi connectivity index (χ2n) is 6.04. The summed E-state index contributed by atoms with van der Waals surface area (Å²) >= 11 is 0. The van der Waals surface area contributed by atoms with Crippen LogP contribution >= 0.6 is 0 Å². The molecule has 0 saturated carbocycles. The number of hydrogen-bond donors (Lipinski definition) is 1. The van der Waals surface area contributed by atoms with Crippen molar-refractivity contribution >= 4 is 6.29 Å². The van der Waals surface area contributed by atoms with Gasteiger partial charge in [0.05, 0.1) is 17.9 Å². The summed E-state index contributed by atoms with van der Waals surface area (Å²) in [7, 11) is 0. The molecule has 4 heteroatoms. The number of hydrogen-bond acceptors (Lipinski definition) is 3. The first-order chi connectivity index (χ1) is 10.6. The average molecular weight is 303 g/mol. The Morgan fingerprint density at radius 2 is 2.32 bits per heavy atom. The molecular weight excluding hydrogens is 278 g/mol. The Kier molecular flexibility index (Phi) is 5.82. The third-order valence-electron chi connectivity index (χ3n) is 4.30. The lowest BCUT2D eigenvalue weighted by molar-refractivity contribution is -0.0201. The molecule has 1 fully saturated rings. The summed E-state index contributed by atoms with van der Waals surface area (Å²) in [5.74, 6) is 6.87. The van der Waals surface area contributed by atoms with E-state index in [1.165, 1.54) is 0 Å². The molecule has 120 valence electrons. The van der Waals surface area contributed by atoms with Crippen molar-refractivity contribution < 1.29 is 14.6 Å². The lowest BCUT2D eigenvalue weighted by Crippen LogP contribution is -2.19. The number of aldehydes is 1. The Morgan fingerprint density at radius 1 is 1.55 bits per heavy atom. The van der Waals surface area contributed by atoms with Crippen molar-refractivity contribution in [3.8, 4) is 11.8 Å². The van der Waals surface area contributed by atoms with Crippen LogP contribution in [-0.2, 0) is 4.74 Å². The van der Waals surface area contributed by atoms with E-state index in [2.05, 4.69) is 25.7 Å². The van der Waals surface area contributed by atoms with Crippen LogP contribution in [0.5, 0.6) is 0 Å². The number of aromatic nitrogens is 1. The molecule has 2 rings (SSSR count). The highest BCUT2D eigenvalue weighted by atomic mass is 16.5. The van der Waals surface area contributed by atoms with Crippen LogP contribution in [0.1, 0.15) is 68.7 Å². The van der Waals surface area contributed by atoms with Gasteiger partial charge in [-0.2, -0.15) is 0 Å². The van der Waals surface area contributed by atoms with E-state index >= 15 is 0 Å². The van der Waals surface area contributed by atoms with Gasteiger partial charge >= 0.3 is 0 Å². The molecule has 1 unspecified atom stereocenters. The summed E-state index contributed by atoms with van der Waals surface area (Å²) in [6.07, 6.45) is 4.98. The van der Waals surface area contributed by atoms with Gasteiger partial charge in [0.25, 0.3) is 0 Å². The highest BCUT2D eigenvalue weighted by Crippen LogP contribution is 2.31. The number of aliphatic hydroxyl groups is 1. The minimum Gasteiger partial charge on any atom is -0.390 e. The van der Waals surface area contributed by atoms with Gasteiger partial charge < -0.3 is 14.4 Å². The fourth-order valence-electron chi connectivity index (χ4n) is 2.63. The predicted octanol–water partition coefficient (Wildman–Crippen LogP) is 3.15. The molecule has 1 aliphatic heterocycles. The quantitative estimate of drug-likeness (QED) is 0.671. The predicted molar refractivity (Wildman–Crippen MR) is 85.6 cm³/mol. The maximum atomic E-state index is 11.3. The Balaban J connectivity index is 2.14. The summed E-state index contributed by atoms with van der Waals surface area (Å²) in [6.45, 7) is 6.31. The Morgan fingerprint density at radius 3 is 2.91 bits per heavy atom. The average Bonchev–Trinajstić information content (AvgIpc) is 3.09. The highest BCUT2D eigenvalue weighted by molar-refractivity contribution is 5.73. The van der Waals surface area contributed by atoms with Crippen LogP contribution in [0.25, 0.3) is 0 Å². The minimum atomic E-state index is -0.475. The second-order valence-corrected chi connectivity index (χ2v) is 6.04. The minimum absolute atomic E-state index is 0.160. The smallest absolute Gasteiger partial charge is 0.166 e. The zero-order valence-corrected chi connectivity index (χ0v) is 13.6. The maximum Gasteiger partial charge on any atom is 0.166 e. The van der Waals surface area contributed by atoms with Gasteiger partial charge in [-0.05, 0) is 18.4 Å². The number of rotatable bonds is 5. The first kappa shape index (κ1) is 16.8. The monoisotopic (exact) mass is 303 g/mol. The van der Waals surface area contributed by atoms with Crippen molar-refractivity contribution in [1.82, 2.24) is 4.57 Å². The maximum absolute atomic E-state index is 11.3. The van der Waals surface area contributed by atoms with Crippen LogP contribution in [0.3, 0.4) is 0 Å². The third kappa shape index (κ3) is 3.79. The van der Waals surface area contributed by atoms with E-state index < -0.39 is 6.10 Å². The Labute approximate surface area is 132 Å². The third-order valence-corrected chi connectivity index (χ3v) is 4.30. The summed E-state index contributed by atoms with van der Waals surface area (Å²) in [5.41, 5.74) is 1.37. The Bertz CT molecular complexity index is 567. The van der Waals surface area contributed by atoms with Crippen LogP contribution in [-0.4, -0.2) is 28.2 Å². The van der Waals surface area contributed by atoms with Crippen LogP contribution in [0.15, 0.2) is 12.3 Å². The molecule has 1 aromatic rings. The lowest BCUT2D eigenvalue weighted by atomic mass is 10.1. The van der Waals surface area contributed by atoms with E-state index in [4.69, 9.17) is 4.74 Å². The van der Waals surface area contributed by atoms with Gasteiger partial charge in [-0.15, -0.1) is 0 Å². The van der Waals surface area contributed by atoms with Crippen molar-refractivity contribution in [2.24, 2.45) is 5.92 Å². The van der Waals surface area contributed by atoms with E-state index in [1.807, 2.05) is 13.1 Å². The number of carbonyl (C=O) groups excluding carboxylic acids is 1. The van der Waals surface area contributed by atoms with Crippen molar-refractivity contribution in [1.29, 1.82) is 0 Å². The van der Waals surface area contributed by atoms with E-state index in [0.29, 0.717) is 18.0 Å². The Hall–Kier alpha value is -1.57. The topological polar surface area (TPSA) is 51.5 Å². The largest absolute Gasteiger partial charge is 0.390 e. The van der Waals surface area contributed by atoms with Gasteiger partial charge in [-0.1, -0.05) is 39.0 Å². The fraction of sp³-hybridized carbons (Fsp3) is 0.611. The highest BCUT2D eigenvalue weighted by Gasteiger charge is 2.34. The van der Waals surface area contributed by atoms with Gasteiger partial charge in [0.1, 0.15) is 6.23 Å². The second kappa shape index (κ2) is 7.62. The van der Waals surface area contributed by atoms with Crippen LogP contribution in [0.4, 0.5) is 0 Å². The van der Waals surface area contributed by atoms with Crippen LogP contribution in [0.2, 0.25) is 0 Å². The molecule has 0 bridgehead atoms. The van der Waals surface area contributed by atoms with Crippen LogP contribution in [0, 0.1) is 17.8 Å². The van der Waals surface area contributed by atoms with Gasteiger partial charge in [-0.3, -0.25) is 4.79 Å². The number of aliphatic hydroxyl groups excluding tert-OH is 1. The van der Waals surface area contributed by atoms with Gasteiger partial charge in [0, 0.05) is 24.6 Å². The molecule has 4 nitrogen and oxygen atoms in total. The standard InChI is InChI=1S/C18H25NO3/c1-4-13(3)7-6-8-14-9-15(12-20)19(11-14)18-10-16(21)17(5-2)22-18/h9,11-13,16-18,21H,4-5,7,10H2,1-3H3/t13-,16?,17-,18-/m1/s1. The number of nitrogens with zero attached hydrogens (tertiary/aromatic N) is 1. The normalized spacial score (nSPS) is 25.5. The van der Waals surface area contributed by atoms with Crippen molar-refractivity contribution in [2.75, 3.05) is 0 Å². The SMILES string of the molecule is CC[C@@H](C)CC#Cc1cc(C=O)n([C@H]2CC(O)[C@@H](CC)O2)c1. The molecule has 0 radical (unpaired) electrons. The van der Waals surface area contributed by atoms with E-state index in [0.717, 1.165) is 31.1 Å². The molecule has 1 aromatic heterocycles. The molecule has 22 heavy (non-hydrogen) atoms. The van der Waals surface area contributed by atoms with E-state index in [1.54, 1.807) is 10.6 Å². The van der Waals surface area contributed by atoms with Crippen molar-refractivity contribution in [3.05, 3.63) is 23.5 Å². The lowest BCUT2D eigenvalue weighted by Gasteiger charge is -2.15. The van der Waals surface area contributed by atoms with Gasteiger partial charge in [0.2, 0.25) is 0 Å². The molecule has 4 atom stereocenters. The first-order valence-electron chi connectivity index (χ1n) is 8.08. The fourth-order valence-corrected chi connectivity index (χ4v) is 2.63. The molecule has 0 aliphatic carbocycles. The van der Waals surface area contributed by atoms with Gasteiger partial charge in [-0.25, -0.2) is 0 Å². The summed E-state index contributed by atoms with van der Waals surface area (Å²) in [6, 6.07) is 1.78. The zero-order chi connectivity index (χ0) is 16.1. The summed E-state index contributed by atoms with van der Waals surface area (Å²) in [4.78, 5) is 11.3. The van der Waals surface area contributed by atoms with E-state index in [9.17, 15) is 9.90 Å². The summed E-state index contributed by atoms with van der Waals surface area (Å²) in [5, 5.41) is 9.97. The molecule has 1 N–H and O–H groups in total. The molecule has 0 aromatic carbocycles. The van der Waals surface area contributed by atoms with E-state index in [-0.39, 0.29) is 12.3 Å². The number of ether oxygens (including phenoxy) is 1. The zero-order valence-electron chi connectivity index (χ0n) is 13.6. The molecule has 1 aliphatic rings. The molecule has 0 spiro atoms. The van der Waals surface area contributed by atoms with Crippen LogP contribution < -0.4 is 0 Å². The molecular formula is C18H25NO3. The summed E-state index contributed by atoms with van der Waals surface area (Å²) < 4.78 is 7.62. The molecule has 0 amide bonds. The van der Waals surface area contributed by atoms with Crippen molar-refractivity contribution in [2.45, 2.75) is 64.9 Å². The number of carbonyl (C=O) groups is 1. The first-order valence-corrected chi connectivity index (χ1v) is 8.08. The van der Waals surface area contributed by atoms with Crippen molar-refractivity contribution in [3.63, 3.8) is 0 Å². The molecule has 1 saturated heterocycles.